The number of hydrogen-bond acceptors (Lipinski definition) is 1. The number of benzene rings is 1. The van der Waals surface area contributed by atoms with Crippen molar-refractivity contribution in [1.82, 2.24) is 0 Å². The van der Waals surface area contributed by atoms with Gasteiger partial charge in [0.05, 0.1) is 0 Å². The van der Waals surface area contributed by atoms with E-state index in [4.69, 9.17) is 5.73 Å². The summed E-state index contributed by atoms with van der Waals surface area (Å²) in [5.41, 5.74) is 7.48. The lowest BCUT2D eigenvalue weighted by Crippen LogP contribution is -2.17. The molecule has 2 atom stereocenters. The first kappa shape index (κ1) is 12.5. The highest BCUT2D eigenvalue weighted by atomic mass is 35.5. The topological polar surface area (TPSA) is 26.0 Å². The van der Waals surface area contributed by atoms with Gasteiger partial charge in [0.25, 0.3) is 0 Å². The minimum Gasteiger partial charge on any atom is -0.328 e. The highest BCUT2D eigenvalue weighted by Gasteiger charge is 2.17. The molecule has 0 aromatic heterocycles. The Hall–Kier alpha value is -0.530. The molecule has 2 unspecified atom stereocenters. The fourth-order valence-corrected chi connectivity index (χ4v) is 2.39. The smallest absolute Gasteiger partial charge is 0.00390 e. The normalized spacial score (nSPS) is 26.5. The Morgan fingerprint density at radius 1 is 0.933 bits per heavy atom. The van der Waals surface area contributed by atoms with Gasteiger partial charge in [-0.1, -0.05) is 36.8 Å². The largest absolute Gasteiger partial charge is 0.328 e. The molecular weight excluding hydrogens is 206 g/mol. The molecule has 2 N–H and O–H groups in total. The first-order valence-corrected chi connectivity index (χ1v) is 5.67. The molecule has 0 heterocycles. The van der Waals surface area contributed by atoms with Crippen LogP contribution in [-0.4, -0.2) is 6.04 Å². The Morgan fingerprint density at radius 2 is 1.67 bits per heavy atom. The van der Waals surface area contributed by atoms with E-state index in [0.29, 0.717) is 6.04 Å². The summed E-state index contributed by atoms with van der Waals surface area (Å²) in [6, 6.07) is 11.3. The number of nitrogens with two attached hydrogens (primary N) is 1. The van der Waals surface area contributed by atoms with Crippen molar-refractivity contribution < 1.29 is 0 Å². The summed E-state index contributed by atoms with van der Waals surface area (Å²) in [6.45, 7) is 0. The van der Waals surface area contributed by atoms with Gasteiger partial charge in [-0.05, 0) is 37.2 Å². The molecule has 0 amide bonds. The second kappa shape index (κ2) is 6.14. The van der Waals surface area contributed by atoms with Gasteiger partial charge in [-0.2, -0.15) is 0 Å². The zero-order chi connectivity index (χ0) is 9.80. The van der Waals surface area contributed by atoms with Gasteiger partial charge in [-0.25, -0.2) is 0 Å². The quantitative estimate of drug-likeness (QED) is 0.728. The summed E-state index contributed by atoms with van der Waals surface area (Å²) in [5.74, 6) is 0.754. The molecule has 1 nitrogen and oxygen atoms in total. The monoisotopic (exact) mass is 225 g/mol. The number of halogens is 1. The lowest BCUT2D eigenvalue weighted by molar-refractivity contribution is 0.568. The van der Waals surface area contributed by atoms with E-state index in [1.165, 1.54) is 37.7 Å². The summed E-state index contributed by atoms with van der Waals surface area (Å²) in [4.78, 5) is 0. The molecule has 1 aliphatic rings. The van der Waals surface area contributed by atoms with Crippen LogP contribution in [0, 0.1) is 0 Å². The summed E-state index contributed by atoms with van der Waals surface area (Å²) in [5, 5.41) is 0. The van der Waals surface area contributed by atoms with Crippen LogP contribution >= 0.6 is 12.4 Å². The molecule has 0 aliphatic heterocycles. The molecule has 0 bridgehead atoms. The van der Waals surface area contributed by atoms with Crippen LogP contribution in [0.1, 0.15) is 43.6 Å². The van der Waals surface area contributed by atoms with Crippen molar-refractivity contribution in [2.24, 2.45) is 5.73 Å². The lowest BCUT2D eigenvalue weighted by atomic mass is 9.92. The van der Waals surface area contributed by atoms with E-state index in [9.17, 15) is 0 Å². The third-order valence-corrected chi connectivity index (χ3v) is 3.28. The van der Waals surface area contributed by atoms with Crippen molar-refractivity contribution in [2.45, 2.75) is 44.1 Å². The molecule has 0 spiro atoms. The molecule has 15 heavy (non-hydrogen) atoms. The van der Waals surface area contributed by atoms with E-state index in [2.05, 4.69) is 30.3 Å². The first-order chi connectivity index (χ1) is 6.86. The van der Waals surface area contributed by atoms with Crippen LogP contribution in [0.2, 0.25) is 0 Å². The van der Waals surface area contributed by atoms with E-state index in [1.807, 2.05) is 0 Å². The van der Waals surface area contributed by atoms with Gasteiger partial charge in [0.2, 0.25) is 0 Å². The average Bonchev–Trinajstić information content (AvgIpc) is 2.44. The van der Waals surface area contributed by atoms with Crippen LogP contribution in [0.3, 0.4) is 0 Å². The maximum absolute atomic E-state index is 5.98. The van der Waals surface area contributed by atoms with E-state index in [1.54, 1.807) is 0 Å². The van der Waals surface area contributed by atoms with Gasteiger partial charge in [-0.3, -0.25) is 0 Å². The van der Waals surface area contributed by atoms with E-state index in [0.717, 1.165) is 5.92 Å². The fourth-order valence-electron chi connectivity index (χ4n) is 2.39. The van der Waals surface area contributed by atoms with Crippen molar-refractivity contribution in [3.63, 3.8) is 0 Å². The second-order valence-corrected chi connectivity index (χ2v) is 4.38. The zero-order valence-corrected chi connectivity index (χ0v) is 9.88. The standard InChI is InChI=1S/C13H19N.ClH/c14-13-8-4-7-12(9-10-13)11-5-2-1-3-6-11;/h1-3,5-6,12-13H,4,7-10,14H2;1H. The van der Waals surface area contributed by atoms with Gasteiger partial charge < -0.3 is 5.73 Å². The van der Waals surface area contributed by atoms with Crippen molar-refractivity contribution in [3.8, 4) is 0 Å². The molecule has 2 heteroatoms. The van der Waals surface area contributed by atoms with Gasteiger partial charge in [0.1, 0.15) is 0 Å². The third kappa shape index (κ3) is 3.51. The molecule has 1 aromatic rings. The molecular formula is C13H20ClN. The van der Waals surface area contributed by atoms with Gasteiger partial charge in [-0.15, -0.1) is 12.4 Å². The van der Waals surface area contributed by atoms with Gasteiger partial charge >= 0.3 is 0 Å². The Balaban J connectivity index is 0.00000112. The average molecular weight is 226 g/mol. The van der Waals surface area contributed by atoms with Crippen LogP contribution in [0.25, 0.3) is 0 Å². The molecule has 2 rings (SSSR count). The third-order valence-electron chi connectivity index (χ3n) is 3.28. The number of hydrogen-bond donors (Lipinski definition) is 1. The Labute approximate surface area is 98.5 Å². The van der Waals surface area contributed by atoms with Gasteiger partial charge in [0.15, 0.2) is 0 Å². The summed E-state index contributed by atoms with van der Waals surface area (Å²) in [7, 11) is 0. The minimum absolute atomic E-state index is 0. The molecule has 1 aliphatic carbocycles. The van der Waals surface area contributed by atoms with E-state index in [-0.39, 0.29) is 12.4 Å². The Kier molecular flexibility index (Phi) is 5.13. The molecule has 84 valence electrons. The first-order valence-electron chi connectivity index (χ1n) is 5.67. The van der Waals surface area contributed by atoms with Crippen LogP contribution in [0.15, 0.2) is 30.3 Å². The van der Waals surface area contributed by atoms with Crippen LogP contribution in [0.4, 0.5) is 0 Å². The molecule has 1 fully saturated rings. The van der Waals surface area contributed by atoms with Crippen LogP contribution in [0.5, 0.6) is 0 Å². The molecule has 0 radical (unpaired) electrons. The molecule has 1 saturated carbocycles. The maximum atomic E-state index is 5.98. The number of rotatable bonds is 1. The van der Waals surface area contributed by atoms with Crippen molar-refractivity contribution in [1.29, 1.82) is 0 Å². The van der Waals surface area contributed by atoms with Crippen LogP contribution < -0.4 is 5.73 Å². The highest BCUT2D eigenvalue weighted by Crippen LogP contribution is 2.30. The van der Waals surface area contributed by atoms with Crippen molar-refractivity contribution in [2.75, 3.05) is 0 Å². The SMILES string of the molecule is Cl.NC1CCCC(c2ccccc2)CC1. The Bertz CT molecular complexity index is 273. The minimum atomic E-state index is 0. The van der Waals surface area contributed by atoms with Crippen molar-refractivity contribution in [3.05, 3.63) is 35.9 Å². The van der Waals surface area contributed by atoms with Crippen molar-refractivity contribution >= 4 is 12.4 Å². The summed E-state index contributed by atoms with van der Waals surface area (Å²) < 4.78 is 0. The van der Waals surface area contributed by atoms with Gasteiger partial charge in [0, 0.05) is 6.04 Å². The predicted octanol–water partition coefficient (Wildman–Crippen LogP) is 3.48. The maximum Gasteiger partial charge on any atom is 0.00390 e. The zero-order valence-electron chi connectivity index (χ0n) is 9.06. The fraction of sp³-hybridized carbons (Fsp3) is 0.538. The second-order valence-electron chi connectivity index (χ2n) is 4.38. The lowest BCUT2D eigenvalue weighted by Gasteiger charge is -2.14. The van der Waals surface area contributed by atoms with E-state index >= 15 is 0 Å². The van der Waals surface area contributed by atoms with Crippen LogP contribution in [-0.2, 0) is 0 Å². The molecule has 0 saturated heterocycles. The van der Waals surface area contributed by atoms with E-state index < -0.39 is 0 Å². The summed E-state index contributed by atoms with van der Waals surface area (Å²) in [6.07, 6.45) is 6.28. The molecule has 1 aromatic carbocycles. The predicted molar refractivity (Wildman–Crippen MR) is 67.5 cm³/mol. The highest BCUT2D eigenvalue weighted by molar-refractivity contribution is 5.85. The Morgan fingerprint density at radius 3 is 2.40 bits per heavy atom. The summed E-state index contributed by atoms with van der Waals surface area (Å²) >= 11 is 0.